The number of benzene rings is 1. The van der Waals surface area contributed by atoms with E-state index < -0.39 is 0 Å². The molecular weight excluding hydrogens is 220 g/mol. The minimum Gasteiger partial charge on any atom is -0.317 e. The molecule has 0 aromatic heterocycles. The molecule has 2 aliphatic rings. The Labute approximate surface area is 110 Å². The molecule has 0 atom stereocenters. The molecule has 1 aromatic rings. The maximum Gasteiger partial charge on any atom is 0.0233 e. The van der Waals surface area contributed by atoms with Crippen molar-refractivity contribution in [3.8, 4) is 0 Å². The largest absolute Gasteiger partial charge is 0.317 e. The summed E-state index contributed by atoms with van der Waals surface area (Å²) in [5.41, 5.74) is 3.07. The van der Waals surface area contributed by atoms with Crippen LogP contribution in [0.2, 0.25) is 0 Å². The van der Waals surface area contributed by atoms with Crippen LogP contribution in [0.15, 0.2) is 24.3 Å². The third kappa shape index (κ3) is 2.93. The Bertz CT molecular complexity index is 390. The van der Waals surface area contributed by atoms with Crippen LogP contribution in [-0.2, 0) is 6.54 Å². The van der Waals surface area contributed by atoms with Crippen molar-refractivity contribution in [2.24, 2.45) is 0 Å². The molecule has 1 heterocycles. The molecule has 2 nitrogen and oxygen atoms in total. The molecule has 2 heteroatoms. The predicted molar refractivity (Wildman–Crippen MR) is 75.8 cm³/mol. The zero-order valence-electron chi connectivity index (χ0n) is 11.4. The number of hydrogen-bond acceptors (Lipinski definition) is 2. The van der Waals surface area contributed by atoms with E-state index in [4.69, 9.17) is 0 Å². The molecule has 0 bridgehead atoms. The van der Waals surface area contributed by atoms with E-state index in [-0.39, 0.29) is 0 Å². The molecule has 0 amide bonds. The van der Waals surface area contributed by atoms with Gasteiger partial charge in [-0.05, 0) is 62.9 Å². The summed E-state index contributed by atoms with van der Waals surface area (Å²) in [5, 5.41) is 3.39. The van der Waals surface area contributed by atoms with E-state index in [0.29, 0.717) is 0 Å². The van der Waals surface area contributed by atoms with E-state index in [1.54, 1.807) is 5.56 Å². The summed E-state index contributed by atoms with van der Waals surface area (Å²) in [5.74, 6) is 0.875. The van der Waals surface area contributed by atoms with E-state index in [0.717, 1.165) is 18.5 Å². The fraction of sp³-hybridized carbons (Fsp3) is 0.625. The first-order chi connectivity index (χ1) is 8.85. The van der Waals surface area contributed by atoms with Crippen molar-refractivity contribution in [1.82, 2.24) is 10.2 Å². The molecular formula is C16H24N2. The van der Waals surface area contributed by atoms with Crippen LogP contribution in [-0.4, -0.2) is 31.1 Å². The van der Waals surface area contributed by atoms with Crippen molar-refractivity contribution >= 4 is 0 Å². The first kappa shape index (κ1) is 12.2. The van der Waals surface area contributed by atoms with Crippen molar-refractivity contribution in [1.29, 1.82) is 0 Å². The van der Waals surface area contributed by atoms with E-state index in [1.165, 1.54) is 44.3 Å². The number of nitrogens with zero attached hydrogens (tertiary/aromatic N) is 1. The van der Waals surface area contributed by atoms with Gasteiger partial charge in [-0.15, -0.1) is 0 Å². The van der Waals surface area contributed by atoms with Crippen LogP contribution in [0.5, 0.6) is 0 Å². The number of hydrogen-bond donors (Lipinski definition) is 1. The molecule has 1 N–H and O–H groups in total. The van der Waals surface area contributed by atoms with Crippen molar-refractivity contribution in [2.45, 2.75) is 44.2 Å². The van der Waals surface area contributed by atoms with Crippen LogP contribution in [0, 0.1) is 0 Å². The Hall–Kier alpha value is -0.860. The summed E-state index contributed by atoms with van der Waals surface area (Å²) in [6.07, 6.45) is 5.38. The normalized spacial score (nSPS) is 22.3. The van der Waals surface area contributed by atoms with Gasteiger partial charge in [-0.25, -0.2) is 0 Å². The second-order valence-electron chi connectivity index (χ2n) is 5.86. The summed E-state index contributed by atoms with van der Waals surface area (Å²) in [6.45, 7) is 3.61. The van der Waals surface area contributed by atoms with E-state index in [2.05, 4.69) is 41.5 Å². The van der Waals surface area contributed by atoms with Crippen molar-refractivity contribution in [3.63, 3.8) is 0 Å². The van der Waals surface area contributed by atoms with Crippen LogP contribution < -0.4 is 5.32 Å². The van der Waals surface area contributed by atoms with Crippen LogP contribution in [0.25, 0.3) is 0 Å². The zero-order chi connectivity index (χ0) is 12.4. The van der Waals surface area contributed by atoms with Gasteiger partial charge < -0.3 is 5.32 Å². The molecule has 98 valence electrons. The first-order valence-corrected chi connectivity index (χ1v) is 7.33. The maximum atomic E-state index is 3.39. The Morgan fingerprint density at radius 2 is 1.94 bits per heavy atom. The van der Waals surface area contributed by atoms with Crippen LogP contribution in [0.1, 0.15) is 42.7 Å². The number of rotatable bonds is 4. The highest BCUT2D eigenvalue weighted by molar-refractivity contribution is 5.29. The van der Waals surface area contributed by atoms with Crippen LogP contribution >= 0.6 is 0 Å². The predicted octanol–water partition coefficient (Wildman–Crippen LogP) is 2.75. The van der Waals surface area contributed by atoms with Gasteiger partial charge in [-0.1, -0.05) is 24.3 Å². The van der Waals surface area contributed by atoms with Crippen LogP contribution in [0.4, 0.5) is 0 Å². The quantitative estimate of drug-likeness (QED) is 0.876. The van der Waals surface area contributed by atoms with Crippen molar-refractivity contribution < 1.29 is 0 Å². The minimum atomic E-state index is 0.735. The van der Waals surface area contributed by atoms with Gasteiger partial charge in [0.15, 0.2) is 0 Å². The fourth-order valence-electron chi connectivity index (χ4n) is 3.00. The molecule has 0 unspecified atom stereocenters. The van der Waals surface area contributed by atoms with Gasteiger partial charge in [-0.3, -0.25) is 4.90 Å². The molecule has 1 saturated heterocycles. The molecule has 18 heavy (non-hydrogen) atoms. The van der Waals surface area contributed by atoms with Gasteiger partial charge in [0.2, 0.25) is 0 Å². The lowest BCUT2D eigenvalue weighted by Gasteiger charge is -2.31. The molecule has 3 rings (SSSR count). The Morgan fingerprint density at radius 1 is 1.17 bits per heavy atom. The average molecular weight is 244 g/mol. The van der Waals surface area contributed by atoms with E-state index in [1.807, 2.05) is 0 Å². The molecule has 1 aliphatic heterocycles. The summed E-state index contributed by atoms with van der Waals surface area (Å²) < 4.78 is 0. The van der Waals surface area contributed by atoms with E-state index >= 15 is 0 Å². The monoisotopic (exact) mass is 244 g/mol. The van der Waals surface area contributed by atoms with Gasteiger partial charge in [0.05, 0.1) is 0 Å². The van der Waals surface area contributed by atoms with Crippen LogP contribution in [0.3, 0.4) is 0 Å². The fourth-order valence-corrected chi connectivity index (χ4v) is 3.00. The number of nitrogens with one attached hydrogen (secondary N) is 1. The average Bonchev–Trinajstić information content (AvgIpc) is 3.24. The number of likely N-dealkylation sites (tertiary alicyclic amines) is 1. The van der Waals surface area contributed by atoms with Gasteiger partial charge in [0.1, 0.15) is 0 Å². The second kappa shape index (κ2) is 5.41. The van der Waals surface area contributed by atoms with Gasteiger partial charge in [0, 0.05) is 12.6 Å². The molecule has 0 radical (unpaired) electrons. The Morgan fingerprint density at radius 3 is 2.61 bits per heavy atom. The standard InChI is InChI=1S/C16H24N2/c1-17-16-7-9-18(10-8-16)12-13-3-2-4-15(11-13)14-5-6-14/h2-4,11,14,16-17H,5-10,12H2,1H3. The molecule has 1 aromatic carbocycles. The highest BCUT2D eigenvalue weighted by atomic mass is 15.1. The highest BCUT2D eigenvalue weighted by Crippen LogP contribution is 2.40. The minimum absolute atomic E-state index is 0.735. The summed E-state index contributed by atoms with van der Waals surface area (Å²) >= 11 is 0. The summed E-state index contributed by atoms with van der Waals surface area (Å²) in [7, 11) is 2.08. The Balaban J connectivity index is 1.57. The van der Waals surface area contributed by atoms with Gasteiger partial charge in [0.25, 0.3) is 0 Å². The second-order valence-corrected chi connectivity index (χ2v) is 5.86. The summed E-state index contributed by atoms with van der Waals surface area (Å²) in [6, 6.07) is 9.99. The molecule has 1 aliphatic carbocycles. The van der Waals surface area contributed by atoms with Gasteiger partial charge >= 0.3 is 0 Å². The SMILES string of the molecule is CNC1CCN(Cc2cccc(C3CC3)c2)CC1. The molecule has 2 fully saturated rings. The Kier molecular flexibility index (Phi) is 3.67. The van der Waals surface area contributed by atoms with Crippen molar-refractivity contribution in [3.05, 3.63) is 35.4 Å². The smallest absolute Gasteiger partial charge is 0.0233 e. The maximum absolute atomic E-state index is 3.39. The zero-order valence-corrected chi connectivity index (χ0v) is 11.4. The third-order valence-electron chi connectivity index (χ3n) is 4.40. The lowest BCUT2D eigenvalue weighted by molar-refractivity contribution is 0.194. The lowest BCUT2D eigenvalue weighted by Crippen LogP contribution is -2.40. The van der Waals surface area contributed by atoms with Gasteiger partial charge in [-0.2, -0.15) is 0 Å². The topological polar surface area (TPSA) is 15.3 Å². The van der Waals surface area contributed by atoms with Crippen molar-refractivity contribution in [2.75, 3.05) is 20.1 Å². The highest BCUT2D eigenvalue weighted by Gasteiger charge is 2.23. The first-order valence-electron chi connectivity index (χ1n) is 7.33. The summed E-state index contributed by atoms with van der Waals surface area (Å²) in [4.78, 5) is 2.60. The third-order valence-corrected chi connectivity index (χ3v) is 4.40. The van der Waals surface area contributed by atoms with E-state index in [9.17, 15) is 0 Å². The lowest BCUT2D eigenvalue weighted by atomic mass is 10.0. The molecule has 0 spiro atoms. The number of piperidine rings is 1. The molecule has 1 saturated carbocycles.